The van der Waals surface area contributed by atoms with E-state index in [1.807, 2.05) is 19.9 Å². The van der Waals surface area contributed by atoms with Crippen molar-refractivity contribution < 1.29 is 0 Å². The number of aryl methyl sites for hydroxylation is 1. The molecule has 0 spiro atoms. The molecule has 0 nitrogen and oxygen atoms in total. The second-order valence-corrected chi connectivity index (χ2v) is 3.89. The van der Waals surface area contributed by atoms with Gasteiger partial charge in [0.2, 0.25) is 0 Å². The molecule has 0 aromatic heterocycles. The first-order valence-corrected chi connectivity index (χ1v) is 6.66. The van der Waals surface area contributed by atoms with Crippen LogP contribution in [0.2, 0.25) is 0 Å². The van der Waals surface area contributed by atoms with Crippen LogP contribution in [0, 0.1) is 6.92 Å². The first-order valence-electron chi connectivity index (χ1n) is 6.66. The summed E-state index contributed by atoms with van der Waals surface area (Å²) in [7, 11) is 0. The van der Waals surface area contributed by atoms with Crippen molar-refractivity contribution in [1.29, 1.82) is 0 Å². The van der Waals surface area contributed by atoms with E-state index in [4.69, 9.17) is 0 Å². The van der Waals surface area contributed by atoms with Gasteiger partial charge in [0, 0.05) is 0 Å². The van der Waals surface area contributed by atoms with E-state index in [1.165, 1.54) is 28.0 Å². The predicted molar refractivity (Wildman–Crippen MR) is 81.4 cm³/mol. The van der Waals surface area contributed by atoms with Crippen LogP contribution < -0.4 is 10.4 Å². The molecule has 0 fully saturated rings. The number of rotatable bonds is 1. The van der Waals surface area contributed by atoms with Gasteiger partial charge in [-0.05, 0) is 41.0 Å². The average molecular weight is 230 g/mol. The molecule has 0 saturated heterocycles. The van der Waals surface area contributed by atoms with Gasteiger partial charge in [0.15, 0.2) is 0 Å². The first kappa shape index (κ1) is 15.7. The van der Waals surface area contributed by atoms with Crippen LogP contribution in [0.5, 0.6) is 0 Å². The molecule has 0 bridgehead atoms. The molecule has 0 atom stereocenters. The van der Waals surface area contributed by atoms with Gasteiger partial charge in [-0.25, -0.2) is 0 Å². The lowest BCUT2D eigenvalue weighted by Gasteiger charge is -1.98. The summed E-state index contributed by atoms with van der Waals surface area (Å²) in [6.07, 6.45) is 8.76. The van der Waals surface area contributed by atoms with E-state index in [0.717, 1.165) is 6.42 Å². The summed E-state index contributed by atoms with van der Waals surface area (Å²) in [4.78, 5) is 0. The Kier molecular flexibility index (Phi) is 8.13. The molecular weight excluding hydrogens is 204 g/mol. The SMILES string of the molecule is C=Cc1cc2c(cc1C)=CCC=2.CC.CCC. The van der Waals surface area contributed by atoms with E-state index in [1.54, 1.807) is 0 Å². The van der Waals surface area contributed by atoms with Crippen LogP contribution in [-0.2, 0) is 0 Å². The first-order chi connectivity index (χ1) is 8.22. The van der Waals surface area contributed by atoms with Crippen LogP contribution in [0.4, 0.5) is 0 Å². The monoisotopic (exact) mass is 230 g/mol. The molecule has 0 unspecified atom stereocenters. The summed E-state index contributed by atoms with van der Waals surface area (Å²) >= 11 is 0. The van der Waals surface area contributed by atoms with Crippen molar-refractivity contribution in [1.82, 2.24) is 0 Å². The fourth-order valence-corrected chi connectivity index (χ4v) is 1.65. The third kappa shape index (κ3) is 4.60. The molecule has 0 amide bonds. The summed E-state index contributed by atoms with van der Waals surface area (Å²) < 4.78 is 0. The second-order valence-electron chi connectivity index (χ2n) is 3.89. The Morgan fingerprint density at radius 2 is 1.59 bits per heavy atom. The zero-order valence-corrected chi connectivity index (χ0v) is 12.0. The molecule has 0 aliphatic heterocycles. The third-order valence-corrected chi connectivity index (χ3v) is 2.37. The second kappa shape index (κ2) is 8.81. The van der Waals surface area contributed by atoms with Crippen molar-refractivity contribution in [3.05, 3.63) is 40.3 Å². The van der Waals surface area contributed by atoms with Crippen molar-refractivity contribution in [3.8, 4) is 0 Å². The minimum Gasteiger partial charge on any atom is -0.0985 e. The molecule has 1 aliphatic rings. The highest BCUT2D eigenvalue weighted by molar-refractivity contribution is 5.56. The van der Waals surface area contributed by atoms with E-state index in [9.17, 15) is 0 Å². The average Bonchev–Trinajstić information content (AvgIpc) is 2.78. The smallest absolute Gasteiger partial charge is 0.0151 e. The third-order valence-electron chi connectivity index (χ3n) is 2.37. The lowest BCUT2D eigenvalue weighted by atomic mass is 10.1. The highest BCUT2D eigenvalue weighted by Crippen LogP contribution is 2.04. The summed E-state index contributed by atoms with van der Waals surface area (Å²) in [6.45, 7) is 14.2. The largest absolute Gasteiger partial charge is 0.0985 e. The van der Waals surface area contributed by atoms with Crippen LogP contribution in [0.15, 0.2) is 18.7 Å². The maximum Gasteiger partial charge on any atom is -0.0151 e. The zero-order valence-electron chi connectivity index (χ0n) is 12.0. The van der Waals surface area contributed by atoms with Crippen molar-refractivity contribution in [2.45, 2.75) is 47.5 Å². The minimum absolute atomic E-state index is 1.08. The van der Waals surface area contributed by atoms with Gasteiger partial charge in [-0.2, -0.15) is 0 Å². The van der Waals surface area contributed by atoms with Gasteiger partial charge in [0.05, 0.1) is 0 Å². The predicted octanol–water partition coefficient (Wildman–Crippen LogP) is 4.05. The van der Waals surface area contributed by atoms with Gasteiger partial charge >= 0.3 is 0 Å². The Hall–Kier alpha value is -1.30. The summed E-state index contributed by atoms with van der Waals surface area (Å²) in [5.41, 5.74) is 2.57. The quantitative estimate of drug-likeness (QED) is 0.683. The Morgan fingerprint density at radius 1 is 1.12 bits per heavy atom. The highest BCUT2D eigenvalue weighted by Gasteiger charge is 1.97. The standard InChI is InChI=1S/C12H12.C3H8.C2H6/c1-3-10-8-12-6-4-5-11(12)7-9(10)2;1-3-2;1-2/h3,5-8H,1,4H2,2H3;3H2,1-2H3;1-2H3. The van der Waals surface area contributed by atoms with Crippen molar-refractivity contribution in [2.75, 3.05) is 0 Å². The topological polar surface area (TPSA) is 0 Å². The summed E-state index contributed by atoms with van der Waals surface area (Å²) in [6, 6.07) is 4.44. The van der Waals surface area contributed by atoms with E-state index >= 15 is 0 Å². The van der Waals surface area contributed by atoms with Crippen molar-refractivity contribution >= 4 is 18.2 Å². The van der Waals surface area contributed by atoms with Gasteiger partial charge in [0.1, 0.15) is 0 Å². The molecule has 0 radical (unpaired) electrons. The van der Waals surface area contributed by atoms with Crippen molar-refractivity contribution in [3.63, 3.8) is 0 Å². The molecule has 1 aromatic rings. The molecule has 0 heteroatoms. The van der Waals surface area contributed by atoms with Gasteiger partial charge in [-0.15, -0.1) is 0 Å². The molecule has 2 rings (SSSR count). The molecule has 17 heavy (non-hydrogen) atoms. The van der Waals surface area contributed by atoms with Crippen LogP contribution in [0.3, 0.4) is 0 Å². The molecule has 1 aromatic carbocycles. The van der Waals surface area contributed by atoms with Crippen molar-refractivity contribution in [2.24, 2.45) is 0 Å². The van der Waals surface area contributed by atoms with E-state index < -0.39 is 0 Å². The van der Waals surface area contributed by atoms with Gasteiger partial charge in [-0.3, -0.25) is 0 Å². The van der Waals surface area contributed by atoms with Crippen LogP contribution in [-0.4, -0.2) is 0 Å². The lowest BCUT2D eigenvalue weighted by molar-refractivity contribution is 1.09. The molecular formula is C17H26. The maximum absolute atomic E-state index is 3.79. The van der Waals surface area contributed by atoms with Crippen LogP contribution >= 0.6 is 0 Å². The van der Waals surface area contributed by atoms with E-state index in [2.05, 4.69) is 51.6 Å². The fraction of sp³-hybridized carbons (Fsp3) is 0.412. The summed E-state index contributed by atoms with van der Waals surface area (Å²) in [5, 5.41) is 2.73. The molecule has 94 valence electrons. The lowest BCUT2D eigenvalue weighted by Crippen LogP contribution is -2.21. The van der Waals surface area contributed by atoms with Crippen LogP contribution in [0.25, 0.3) is 18.2 Å². The molecule has 0 heterocycles. The maximum atomic E-state index is 3.79. The number of hydrogen-bond acceptors (Lipinski definition) is 0. The zero-order chi connectivity index (χ0) is 13.3. The molecule has 1 aliphatic carbocycles. The number of fused-ring (bicyclic) bond motifs is 1. The van der Waals surface area contributed by atoms with Crippen LogP contribution in [0.1, 0.15) is 51.7 Å². The normalized spacial score (nSPS) is 10.6. The highest BCUT2D eigenvalue weighted by atomic mass is 14.0. The molecule has 0 saturated carbocycles. The minimum atomic E-state index is 1.08. The van der Waals surface area contributed by atoms with E-state index in [0.29, 0.717) is 0 Å². The Balaban J connectivity index is 0.000000450. The Bertz CT molecular complexity index is 450. The number of hydrogen-bond donors (Lipinski definition) is 0. The van der Waals surface area contributed by atoms with E-state index in [-0.39, 0.29) is 0 Å². The fourth-order valence-electron chi connectivity index (χ4n) is 1.65. The van der Waals surface area contributed by atoms with Gasteiger partial charge < -0.3 is 0 Å². The Labute approximate surface area is 106 Å². The van der Waals surface area contributed by atoms with Gasteiger partial charge in [-0.1, -0.05) is 65.0 Å². The Morgan fingerprint density at radius 3 is 2.06 bits per heavy atom. The summed E-state index contributed by atoms with van der Waals surface area (Å²) in [5.74, 6) is 0. The van der Waals surface area contributed by atoms with Gasteiger partial charge in [0.25, 0.3) is 0 Å². The molecule has 0 N–H and O–H groups in total. The number of benzene rings is 1.